The molecule has 0 radical (unpaired) electrons. The van der Waals surface area contributed by atoms with E-state index in [1.165, 1.54) is 0 Å². The van der Waals surface area contributed by atoms with E-state index in [0.29, 0.717) is 13.1 Å². The Bertz CT molecular complexity index is 1120. The topological polar surface area (TPSA) is 58.4 Å². The number of para-hydroxylation sites is 2. The molecule has 1 aliphatic heterocycles. The Hall–Kier alpha value is -3.15. The molecule has 0 spiro atoms. The van der Waals surface area contributed by atoms with Crippen LogP contribution in [0.25, 0.3) is 11.0 Å². The molecule has 0 aliphatic carbocycles. The second kappa shape index (κ2) is 7.94. The first-order chi connectivity index (χ1) is 14.4. The molecule has 0 N–H and O–H groups in total. The van der Waals surface area contributed by atoms with E-state index in [-0.39, 0.29) is 24.2 Å². The highest BCUT2D eigenvalue weighted by molar-refractivity contribution is 6.00. The second-order valence-electron chi connectivity index (χ2n) is 8.08. The summed E-state index contributed by atoms with van der Waals surface area (Å²) in [6.45, 7) is 7.79. The predicted octanol–water partition coefficient (Wildman–Crippen LogP) is 3.68. The lowest BCUT2D eigenvalue weighted by atomic mass is 10.1. The van der Waals surface area contributed by atoms with Gasteiger partial charge in [-0.25, -0.2) is 4.98 Å². The number of anilines is 1. The fourth-order valence-electron chi connectivity index (χ4n) is 4.33. The van der Waals surface area contributed by atoms with E-state index in [0.717, 1.165) is 40.2 Å². The van der Waals surface area contributed by atoms with Crippen molar-refractivity contribution in [1.82, 2.24) is 14.5 Å². The van der Waals surface area contributed by atoms with Gasteiger partial charge in [-0.2, -0.15) is 0 Å². The van der Waals surface area contributed by atoms with Gasteiger partial charge in [-0.15, -0.1) is 0 Å². The first-order valence-corrected chi connectivity index (χ1v) is 10.5. The van der Waals surface area contributed by atoms with Crippen LogP contribution in [0.15, 0.2) is 42.5 Å². The summed E-state index contributed by atoms with van der Waals surface area (Å²) in [4.78, 5) is 34.0. The standard InChI is InChI=1S/C24H28N4O2/c1-5-27-21-11-7-6-10-19(21)25-22(27)15-26(4)24(30)18-13-23(29)28(14-18)20-12-8-9-16(2)17(20)3/h6-12,18H,5,13-15H2,1-4H3. The Morgan fingerprint density at radius 2 is 1.93 bits per heavy atom. The lowest BCUT2D eigenvalue weighted by molar-refractivity contribution is -0.135. The summed E-state index contributed by atoms with van der Waals surface area (Å²) in [6, 6.07) is 14.0. The quantitative estimate of drug-likeness (QED) is 0.652. The van der Waals surface area contributed by atoms with Gasteiger partial charge in [0.05, 0.1) is 23.5 Å². The Morgan fingerprint density at radius 3 is 2.70 bits per heavy atom. The van der Waals surface area contributed by atoms with Crippen LogP contribution in [0, 0.1) is 19.8 Å². The van der Waals surface area contributed by atoms with Gasteiger partial charge in [0.25, 0.3) is 0 Å². The smallest absolute Gasteiger partial charge is 0.228 e. The van der Waals surface area contributed by atoms with Crippen LogP contribution in [0.4, 0.5) is 5.69 Å². The van der Waals surface area contributed by atoms with Crippen LogP contribution >= 0.6 is 0 Å². The van der Waals surface area contributed by atoms with Crippen LogP contribution < -0.4 is 4.90 Å². The van der Waals surface area contributed by atoms with E-state index in [1.807, 2.05) is 50.2 Å². The number of imidazole rings is 1. The van der Waals surface area contributed by atoms with E-state index in [9.17, 15) is 9.59 Å². The largest absolute Gasteiger partial charge is 0.338 e. The third kappa shape index (κ3) is 3.47. The number of aryl methyl sites for hydroxylation is 2. The van der Waals surface area contributed by atoms with E-state index >= 15 is 0 Å². The molecule has 4 rings (SSSR count). The summed E-state index contributed by atoms with van der Waals surface area (Å²) in [5, 5.41) is 0. The van der Waals surface area contributed by atoms with E-state index in [2.05, 4.69) is 17.6 Å². The number of nitrogens with zero attached hydrogens (tertiary/aromatic N) is 4. The highest BCUT2D eigenvalue weighted by Gasteiger charge is 2.37. The molecule has 1 saturated heterocycles. The normalized spacial score (nSPS) is 16.5. The molecule has 0 saturated carbocycles. The summed E-state index contributed by atoms with van der Waals surface area (Å²) in [7, 11) is 1.80. The van der Waals surface area contributed by atoms with Crippen molar-refractivity contribution >= 4 is 28.5 Å². The van der Waals surface area contributed by atoms with Gasteiger partial charge in [0.2, 0.25) is 11.8 Å². The van der Waals surface area contributed by atoms with Crippen molar-refractivity contribution in [2.24, 2.45) is 5.92 Å². The van der Waals surface area contributed by atoms with Crippen LogP contribution in [0.1, 0.15) is 30.3 Å². The number of hydrogen-bond acceptors (Lipinski definition) is 3. The minimum absolute atomic E-state index is 0.00846. The van der Waals surface area contributed by atoms with Gasteiger partial charge in [-0.1, -0.05) is 24.3 Å². The average molecular weight is 405 g/mol. The van der Waals surface area contributed by atoms with Gasteiger partial charge in [-0.05, 0) is 50.1 Å². The van der Waals surface area contributed by atoms with Crippen LogP contribution in [0.2, 0.25) is 0 Å². The number of benzene rings is 2. The molecule has 1 atom stereocenters. The predicted molar refractivity (Wildman–Crippen MR) is 118 cm³/mol. The van der Waals surface area contributed by atoms with Crippen molar-refractivity contribution in [1.29, 1.82) is 0 Å². The third-order valence-corrected chi connectivity index (χ3v) is 6.15. The van der Waals surface area contributed by atoms with Crippen molar-refractivity contribution < 1.29 is 9.59 Å². The number of rotatable bonds is 5. The molecule has 3 aromatic rings. The van der Waals surface area contributed by atoms with Gasteiger partial charge in [-0.3, -0.25) is 9.59 Å². The Labute approximate surface area is 177 Å². The molecule has 30 heavy (non-hydrogen) atoms. The summed E-state index contributed by atoms with van der Waals surface area (Å²) < 4.78 is 2.14. The molecule has 156 valence electrons. The van der Waals surface area contributed by atoms with E-state index < -0.39 is 0 Å². The fraction of sp³-hybridized carbons (Fsp3) is 0.375. The monoisotopic (exact) mass is 404 g/mol. The molecule has 6 nitrogen and oxygen atoms in total. The van der Waals surface area contributed by atoms with Crippen molar-refractivity contribution in [3.8, 4) is 0 Å². The third-order valence-electron chi connectivity index (χ3n) is 6.15. The molecule has 1 unspecified atom stereocenters. The molecule has 1 aliphatic rings. The minimum Gasteiger partial charge on any atom is -0.338 e. The number of carbonyl (C=O) groups excluding carboxylic acids is 2. The maximum atomic E-state index is 13.1. The Balaban J connectivity index is 1.51. The molecule has 2 aromatic carbocycles. The van der Waals surface area contributed by atoms with Gasteiger partial charge in [0.1, 0.15) is 5.82 Å². The zero-order chi connectivity index (χ0) is 21.4. The number of aromatic nitrogens is 2. The molecule has 1 fully saturated rings. The molecule has 6 heteroatoms. The minimum atomic E-state index is -0.332. The first-order valence-electron chi connectivity index (χ1n) is 10.5. The Kier molecular flexibility index (Phi) is 5.33. The van der Waals surface area contributed by atoms with Crippen molar-refractivity contribution in [3.63, 3.8) is 0 Å². The fourth-order valence-corrected chi connectivity index (χ4v) is 4.33. The van der Waals surface area contributed by atoms with Crippen molar-refractivity contribution in [3.05, 3.63) is 59.4 Å². The number of amides is 2. The maximum absolute atomic E-state index is 13.1. The maximum Gasteiger partial charge on any atom is 0.228 e. The average Bonchev–Trinajstić information content (AvgIpc) is 3.29. The molecule has 2 heterocycles. The van der Waals surface area contributed by atoms with Crippen LogP contribution in [0.3, 0.4) is 0 Å². The van der Waals surface area contributed by atoms with Crippen LogP contribution in [-0.2, 0) is 22.7 Å². The van der Waals surface area contributed by atoms with E-state index in [1.54, 1.807) is 16.8 Å². The lowest BCUT2D eigenvalue weighted by Crippen LogP contribution is -2.35. The Morgan fingerprint density at radius 1 is 1.17 bits per heavy atom. The van der Waals surface area contributed by atoms with Crippen LogP contribution in [0.5, 0.6) is 0 Å². The van der Waals surface area contributed by atoms with Crippen LogP contribution in [-0.4, -0.2) is 39.9 Å². The lowest BCUT2D eigenvalue weighted by Gasteiger charge is -2.22. The molecule has 1 aromatic heterocycles. The summed E-state index contributed by atoms with van der Waals surface area (Å²) in [5.41, 5.74) is 5.15. The first kappa shape index (κ1) is 20.1. The zero-order valence-electron chi connectivity index (χ0n) is 18.1. The molecule has 2 amide bonds. The van der Waals surface area contributed by atoms with Gasteiger partial charge >= 0.3 is 0 Å². The summed E-state index contributed by atoms with van der Waals surface area (Å²) >= 11 is 0. The highest BCUT2D eigenvalue weighted by Crippen LogP contribution is 2.30. The number of carbonyl (C=O) groups is 2. The highest BCUT2D eigenvalue weighted by atomic mass is 16.2. The van der Waals surface area contributed by atoms with Gasteiger partial charge in [0, 0.05) is 32.2 Å². The number of fused-ring (bicyclic) bond motifs is 1. The molecular weight excluding hydrogens is 376 g/mol. The van der Waals surface area contributed by atoms with Gasteiger partial charge in [0.15, 0.2) is 0 Å². The molecular formula is C24H28N4O2. The van der Waals surface area contributed by atoms with Crippen molar-refractivity contribution in [2.75, 3.05) is 18.5 Å². The summed E-state index contributed by atoms with van der Waals surface area (Å²) in [6.07, 6.45) is 0.251. The zero-order valence-corrected chi connectivity index (χ0v) is 18.1. The molecule has 0 bridgehead atoms. The number of hydrogen-bond donors (Lipinski definition) is 0. The second-order valence-corrected chi connectivity index (χ2v) is 8.08. The SMILES string of the molecule is CCn1c(CN(C)C(=O)C2CC(=O)N(c3cccc(C)c3C)C2)nc2ccccc21. The van der Waals surface area contributed by atoms with Crippen molar-refractivity contribution in [2.45, 2.75) is 40.3 Å². The van der Waals surface area contributed by atoms with Gasteiger partial charge < -0.3 is 14.4 Å². The summed E-state index contributed by atoms with van der Waals surface area (Å²) in [5.74, 6) is 0.536. The van der Waals surface area contributed by atoms with E-state index in [4.69, 9.17) is 4.98 Å².